The van der Waals surface area contributed by atoms with Crippen molar-refractivity contribution in [3.05, 3.63) is 16.1 Å². The number of thiazole rings is 1. The molecule has 1 atom stereocenters. The maximum absolute atomic E-state index is 4.82. The first-order valence-electron chi connectivity index (χ1n) is 7.33. The summed E-state index contributed by atoms with van der Waals surface area (Å²) in [6.07, 6.45) is 2.21. The molecule has 0 aliphatic heterocycles. The van der Waals surface area contributed by atoms with Crippen LogP contribution in [0.15, 0.2) is 5.38 Å². The van der Waals surface area contributed by atoms with Gasteiger partial charge in [-0.2, -0.15) is 0 Å². The molecule has 0 bridgehead atoms. The van der Waals surface area contributed by atoms with E-state index in [1.807, 2.05) is 0 Å². The van der Waals surface area contributed by atoms with Crippen molar-refractivity contribution in [1.82, 2.24) is 10.3 Å². The second-order valence-corrected chi connectivity index (χ2v) is 8.40. The van der Waals surface area contributed by atoms with E-state index in [1.165, 1.54) is 17.1 Å². The van der Waals surface area contributed by atoms with Crippen LogP contribution in [0, 0.1) is 5.41 Å². The summed E-state index contributed by atoms with van der Waals surface area (Å²) in [5.74, 6) is 0. The van der Waals surface area contributed by atoms with E-state index in [1.54, 1.807) is 11.3 Å². The molecule has 0 saturated heterocycles. The molecule has 3 heteroatoms. The first kappa shape index (κ1) is 16.6. The summed E-state index contributed by atoms with van der Waals surface area (Å²) in [5.41, 5.74) is 1.64. The fraction of sp³-hybridized carbons (Fsp3) is 0.812. The van der Waals surface area contributed by atoms with Crippen molar-refractivity contribution in [3.8, 4) is 0 Å². The van der Waals surface area contributed by atoms with Gasteiger partial charge < -0.3 is 5.32 Å². The minimum atomic E-state index is 0.156. The van der Waals surface area contributed by atoms with E-state index < -0.39 is 0 Å². The van der Waals surface area contributed by atoms with Crippen molar-refractivity contribution >= 4 is 11.3 Å². The van der Waals surface area contributed by atoms with Gasteiger partial charge in [-0.1, -0.05) is 48.5 Å². The van der Waals surface area contributed by atoms with Crippen LogP contribution in [0.25, 0.3) is 0 Å². The van der Waals surface area contributed by atoms with Gasteiger partial charge in [0.05, 0.1) is 10.7 Å². The molecule has 1 N–H and O–H groups in total. The van der Waals surface area contributed by atoms with Gasteiger partial charge in [-0.15, -0.1) is 11.3 Å². The summed E-state index contributed by atoms with van der Waals surface area (Å²) in [6.45, 7) is 16.9. The van der Waals surface area contributed by atoms with Crippen molar-refractivity contribution in [3.63, 3.8) is 0 Å². The second kappa shape index (κ2) is 6.36. The molecule has 110 valence electrons. The fourth-order valence-corrected chi connectivity index (χ4v) is 2.99. The third-order valence-electron chi connectivity index (χ3n) is 3.39. The van der Waals surface area contributed by atoms with Crippen LogP contribution in [-0.4, -0.2) is 17.6 Å². The van der Waals surface area contributed by atoms with Gasteiger partial charge in [-0.05, 0) is 18.4 Å². The predicted molar refractivity (Wildman–Crippen MR) is 86.1 cm³/mol. The van der Waals surface area contributed by atoms with Crippen molar-refractivity contribution in [2.75, 3.05) is 6.54 Å². The van der Waals surface area contributed by atoms with Gasteiger partial charge in [0.1, 0.15) is 0 Å². The van der Waals surface area contributed by atoms with Crippen molar-refractivity contribution in [2.24, 2.45) is 5.41 Å². The van der Waals surface area contributed by atoms with E-state index in [0.717, 1.165) is 13.0 Å². The number of nitrogens with one attached hydrogen (secondary N) is 1. The Morgan fingerprint density at radius 1 is 1.21 bits per heavy atom. The molecule has 0 spiro atoms. The Bertz CT molecular complexity index is 382. The minimum Gasteiger partial charge on any atom is -0.313 e. The molecule has 1 unspecified atom stereocenters. The van der Waals surface area contributed by atoms with Crippen LogP contribution >= 0.6 is 11.3 Å². The monoisotopic (exact) mass is 282 g/mol. The highest BCUT2D eigenvalue weighted by Crippen LogP contribution is 2.27. The Kier molecular flexibility index (Phi) is 5.57. The van der Waals surface area contributed by atoms with Crippen LogP contribution in [0.4, 0.5) is 0 Å². The van der Waals surface area contributed by atoms with Gasteiger partial charge in [0, 0.05) is 23.3 Å². The van der Waals surface area contributed by atoms with Crippen LogP contribution in [0.1, 0.15) is 65.6 Å². The molecule has 0 aromatic carbocycles. The molecule has 19 heavy (non-hydrogen) atoms. The Morgan fingerprint density at radius 3 is 2.26 bits per heavy atom. The maximum atomic E-state index is 4.82. The van der Waals surface area contributed by atoms with Crippen LogP contribution in [0.5, 0.6) is 0 Å². The number of nitrogens with zero attached hydrogens (tertiary/aromatic N) is 1. The molecule has 0 saturated carbocycles. The van der Waals surface area contributed by atoms with E-state index in [-0.39, 0.29) is 10.8 Å². The zero-order chi connectivity index (χ0) is 14.7. The molecule has 1 heterocycles. The molecule has 1 aromatic rings. The minimum absolute atomic E-state index is 0.156. The van der Waals surface area contributed by atoms with Crippen LogP contribution in [0.2, 0.25) is 0 Å². The molecule has 2 nitrogen and oxygen atoms in total. The molecule has 1 rings (SSSR count). The topological polar surface area (TPSA) is 24.9 Å². The highest BCUT2D eigenvalue weighted by molar-refractivity contribution is 7.09. The first-order valence-corrected chi connectivity index (χ1v) is 8.21. The van der Waals surface area contributed by atoms with Crippen molar-refractivity contribution in [1.29, 1.82) is 0 Å². The zero-order valence-electron chi connectivity index (χ0n) is 13.6. The number of hydrogen-bond donors (Lipinski definition) is 1. The Balaban J connectivity index is 2.76. The standard InChI is InChI=1S/C16H30N2S/c1-8-9-17-12(15(2,3)4)10-14-18-13(11-19-14)16(5,6)7/h11-12,17H,8-10H2,1-7H3. The second-order valence-electron chi connectivity index (χ2n) is 7.45. The van der Waals surface area contributed by atoms with Gasteiger partial charge in [0.15, 0.2) is 0 Å². The van der Waals surface area contributed by atoms with Crippen LogP contribution in [-0.2, 0) is 11.8 Å². The van der Waals surface area contributed by atoms with Crippen molar-refractivity contribution in [2.45, 2.75) is 72.8 Å². The Hall–Kier alpha value is -0.410. The lowest BCUT2D eigenvalue weighted by Gasteiger charge is -2.31. The SMILES string of the molecule is CCCNC(Cc1nc(C(C)(C)C)cs1)C(C)(C)C. The third kappa shape index (κ3) is 5.23. The number of aromatic nitrogens is 1. The Morgan fingerprint density at radius 2 is 1.84 bits per heavy atom. The van der Waals surface area contributed by atoms with E-state index in [0.29, 0.717) is 6.04 Å². The summed E-state index contributed by atoms with van der Waals surface area (Å²) in [4.78, 5) is 4.82. The summed E-state index contributed by atoms with van der Waals surface area (Å²) in [5, 5.41) is 7.15. The molecule has 0 aliphatic carbocycles. The largest absolute Gasteiger partial charge is 0.313 e. The molecule has 0 aliphatic rings. The van der Waals surface area contributed by atoms with E-state index in [4.69, 9.17) is 4.98 Å². The Labute approximate surface area is 123 Å². The quantitative estimate of drug-likeness (QED) is 0.866. The van der Waals surface area contributed by atoms with E-state index in [9.17, 15) is 0 Å². The van der Waals surface area contributed by atoms with Gasteiger partial charge in [0.2, 0.25) is 0 Å². The van der Waals surface area contributed by atoms with Crippen molar-refractivity contribution < 1.29 is 0 Å². The third-order valence-corrected chi connectivity index (χ3v) is 4.26. The van der Waals surface area contributed by atoms with Gasteiger partial charge >= 0.3 is 0 Å². The zero-order valence-corrected chi connectivity index (χ0v) is 14.4. The normalized spacial score (nSPS) is 14.7. The summed E-state index contributed by atoms with van der Waals surface area (Å²) in [7, 11) is 0. The first-order chi connectivity index (χ1) is 8.64. The lowest BCUT2D eigenvalue weighted by molar-refractivity contribution is 0.266. The molecular formula is C16H30N2S. The van der Waals surface area contributed by atoms with Gasteiger partial charge in [0.25, 0.3) is 0 Å². The number of hydrogen-bond acceptors (Lipinski definition) is 3. The molecular weight excluding hydrogens is 252 g/mol. The maximum Gasteiger partial charge on any atom is 0.0944 e. The van der Waals surface area contributed by atoms with Crippen LogP contribution in [0.3, 0.4) is 0 Å². The number of rotatable bonds is 5. The highest BCUT2D eigenvalue weighted by atomic mass is 32.1. The average Bonchev–Trinajstić information content (AvgIpc) is 2.70. The van der Waals surface area contributed by atoms with Crippen LogP contribution < -0.4 is 5.32 Å². The van der Waals surface area contributed by atoms with Gasteiger partial charge in [-0.25, -0.2) is 4.98 Å². The lowest BCUT2D eigenvalue weighted by atomic mass is 9.85. The fourth-order valence-electron chi connectivity index (χ4n) is 1.93. The lowest BCUT2D eigenvalue weighted by Crippen LogP contribution is -2.42. The highest BCUT2D eigenvalue weighted by Gasteiger charge is 2.26. The molecule has 0 amide bonds. The van der Waals surface area contributed by atoms with Gasteiger partial charge in [-0.3, -0.25) is 0 Å². The molecule has 0 radical (unpaired) electrons. The van der Waals surface area contributed by atoms with E-state index >= 15 is 0 Å². The summed E-state index contributed by atoms with van der Waals surface area (Å²) < 4.78 is 0. The van der Waals surface area contributed by atoms with E-state index in [2.05, 4.69) is 59.2 Å². The smallest absolute Gasteiger partial charge is 0.0944 e. The average molecular weight is 282 g/mol. The summed E-state index contributed by atoms with van der Waals surface area (Å²) >= 11 is 1.80. The molecule has 1 aromatic heterocycles. The summed E-state index contributed by atoms with van der Waals surface area (Å²) in [6, 6.07) is 0.492. The molecule has 0 fully saturated rings. The predicted octanol–water partition coefficient (Wildman–Crippen LogP) is 4.40.